The first-order valence-electron chi connectivity index (χ1n) is 9.87. The van der Waals surface area contributed by atoms with Crippen molar-refractivity contribution < 1.29 is 28.8 Å². The molecule has 1 saturated heterocycles. The van der Waals surface area contributed by atoms with E-state index in [4.69, 9.17) is 23.7 Å². The molecule has 1 rings (SSSR count). The molecule has 1 aliphatic heterocycles. The van der Waals surface area contributed by atoms with Crippen LogP contribution in [0.25, 0.3) is 0 Å². The lowest BCUT2D eigenvalue weighted by Crippen LogP contribution is -2.61. The van der Waals surface area contributed by atoms with Crippen molar-refractivity contribution in [2.24, 2.45) is 0 Å². The molecule has 0 aromatic rings. The number of hydrogen-bond donors (Lipinski definition) is 1. The zero-order valence-corrected chi connectivity index (χ0v) is 16.4. The van der Waals surface area contributed by atoms with Crippen molar-refractivity contribution in [1.29, 1.82) is 0 Å². The van der Waals surface area contributed by atoms with Gasteiger partial charge in [-0.05, 0) is 19.3 Å². The van der Waals surface area contributed by atoms with Crippen LogP contribution in [0.15, 0.2) is 0 Å². The van der Waals surface area contributed by atoms with Crippen molar-refractivity contribution in [2.45, 2.75) is 90.0 Å². The molecule has 0 saturated carbocycles. The number of rotatable bonds is 14. The summed E-state index contributed by atoms with van der Waals surface area (Å²) in [5.74, 6) is 0. The van der Waals surface area contributed by atoms with Crippen LogP contribution < -0.4 is 0 Å². The number of methoxy groups -OCH3 is 1. The van der Waals surface area contributed by atoms with Gasteiger partial charge in [-0.15, -0.1) is 0 Å². The maximum atomic E-state index is 9.76. The van der Waals surface area contributed by atoms with Crippen LogP contribution in [0.4, 0.5) is 0 Å². The highest BCUT2D eigenvalue weighted by Crippen LogP contribution is 2.29. The number of aliphatic hydroxyl groups excluding tert-OH is 1. The molecule has 1 N–H and O–H groups in total. The van der Waals surface area contributed by atoms with E-state index in [9.17, 15) is 5.11 Å². The number of hydrogen-bond acceptors (Lipinski definition) is 6. The van der Waals surface area contributed by atoms with Gasteiger partial charge in [-0.25, -0.2) is 0 Å². The van der Waals surface area contributed by atoms with E-state index in [1.807, 2.05) is 0 Å². The Morgan fingerprint density at radius 3 is 1.68 bits per heavy atom. The van der Waals surface area contributed by atoms with E-state index in [2.05, 4.69) is 20.8 Å². The van der Waals surface area contributed by atoms with Crippen LogP contribution in [-0.2, 0) is 23.7 Å². The number of ether oxygens (including phenoxy) is 5. The van der Waals surface area contributed by atoms with Gasteiger partial charge in [0.05, 0.1) is 6.61 Å². The number of unbranched alkanes of at least 4 members (excludes halogenated alkanes) is 3. The summed E-state index contributed by atoms with van der Waals surface area (Å²) in [6.45, 7) is 8.13. The van der Waals surface area contributed by atoms with Gasteiger partial charge in [0.1, 0.15) is 24.4 Å². The molecule has 6 heteroatoms. The monoisotopic (exact) mass is 362 g/mol. The van der Waals surface area contributed by atoms with Gasteiger partial charge in [0, 0.05) is 26.9 Å². The molecule has 6 nitrogen and oxygen atoms in total. The van der Waals surface area contributed by atoms with Crippen LogP contribution in [-0.4, -0.2) is 69.3 Å². The standard InChI is InChI=1S/C19H38O6/c1-5-8-11-22-16-15(14-20)25-19(21-4)18(24-13-10-7-3)17(16)23-12-9-6-2/h15-20H,5-14H2,1-4H3/t15?,16-,17-,18+,19-/m0/s1. The average Bonchev–Trinajstić information content (AvgIpc) is 2.63. The van der Waals surface area contributed by atoms with Crippen LogP contribution in [0.1, 0.15) is 59.3 Å². The predicted molar refractivity (Wildman–Crippen MR) is 96.7 cm³/mol. The molecule has 0 amide bonds. The first kappa shape index (κ1) is 22.8. The zero-order chi connectivity index (χ0) is 18.5. The summed E-state index contributed by atoms with van der Waals surface area (Å²) in [6, 6.07) is 0. The second kappa shape index (κ2) is 13.9. The smallest absolute Gasteiger partial charge is 0.186 e. The largest absolute Gasteiger partial charge is 0.394 e. The highest BCUT2D eigenvalue weighted by Gasteiger charge is 2.48. The normalized spacial score (nSPS) is 29.9. The van der Waals surface area contributed by atoms with Crippen molar-refractivity contribution in [3.05, 3.63) is 0 Å². The topological polar surface area (TPSA) is 66.4 Å². The molecule has 1 unspecified atom stereocenters. The summed E-state index contributed by atoms with van der Waals surface area (Å²) >= 11 is 0. The average molecular weight is 363 g/mol. The Morgan fingerprint density at radius 2 is 1.24 bits per heavy atom. The Kier molecular flexibility index (Phi) is 12.7. The molecule has 0 spiro atoms. The molecule has 150 valence electrons. The molecule has 0 aromatic carbocycles. The lowest BCUT2D eigenvalue weighted by molar-refractivity contribution is -0.316. The second-order valence-corrected chi connectivity index (χ2v) is 6.53. The van der Waals surface area contributed by atoms with Crippen molar-refractivity contribution >= 4 is 0 Å². The Hall–Kier alpha value is -0.240. The van der Waals surface area contributed by atoms with Crippen LogP contribution >= 0.6 is 0 Å². The fraction of sp³-hybridized carbons (Fsp3) is 1.00. The minimum Gasteiger partial charge on any atom is -0.394 e. The van der Waals surface area contributed by atoms with Gasteiger partial charge >= 0.3 is 0 Å². The van der Waals surface area contributed by atoms with Gasteiger partial charge in [0.25, 0.3) is 0 Å². The fourth-order valence-corrected chi connectivity index (χ4v) is 2.87. The molecule has 5 atom stereocenters. The highest BCUT2D eigenvalue weighted by atomic mass is 16.7. The summed E-state index contributed by atoms with van der Waals surface area (Å²) < 4.78 is 29.7. The van der Waals surface area contributed by atoms with E-state index < -0.39 is 12.4 Å². The van der Waals surface area contributed by atoms with Crippen molar-refractivity contribution in [1.82, 2.24) is 0 Å². The summed E-state index contributed by atoms with van der Waals surface area (Å²) in [4.78, 5) is 0. The van der Waals surface area contributed by atoms with E-state index in [1.54, 1.807) is 7.11 Å². The van der Waals surface area contributed by atoms with E-state index in [1.165, 1.54) is 0 Å². The van der Waals surface area contributed by atoms with Gasteiger partial charge in [0.15, 0.2) is 6.29 Å². The summed E-state index contributed by atoms with van der Waals surface area (Å²) in [7, 11) is 1.59. The van der Waals surface area contributed by atoms with E-state index in [0.29, 0.717) is 19.8 Å². The van der Waals surface area contributed by atoms with E-state index >= 15 is 0 Å². The van der Waals surface area contributed by atoms with E-state index in [-0.39, 0.29) is 24.9 Å². The van der Waals surface area contributed by atoms with Crippen molar-refractivity contribution in [2.75, 3.05) is 33.5 Å². The van der Waals surface area contributed by atoms with Crippen LogP contribution in [0, 0.1) is 0 Å². The van der Waals surface area contributed by atoms with Gasteiger partial charge in [0.2, 0.25) is 0 Å². The summed E-state index contributed by atoms with van der Waals surface area (Å²) in [6.07, 6.45) is 4.02. The molecular formula is C19H38O6. The molecule has 1 fully saturated rings. The molecule has 1 heterocycles. The predicted octanol–water partition coefficient (Wildman–Crippen LogP) is 2.91. The summed E-state index contributed by atoms with van der Waals surface area (Å²) in [5.41, 5.74) is 0. The summed E-state index contributed by atoms with van der Waals surface area (Å²) in [5, 5.41) is 9.76. The molecule has 0 aliphatic carbocycles. The van der Waals surface area contributed by atoms with Gasteiger partial charge < -0.3 is 28.8 Å². The molecule has 25 heavy (non-hydrogen) atoms. The van der Waals surface area contributed by atoms with Crippen LogP contribution in [0.5, 0.6) is 0 Å². The lowest BCUT2D eigenvalue weighted by atomic mass is 9.98. The van der Waals surface area contributed by atoms with E-state index in [0.717, 1.165) is 38.5 Å². The molecular weight excluding hydrogens is 324 g/mol. The third kappa shape index (κ3) is 7.49. The van der Waals surface area contributed by atoms with Gasteiger partial charge in [-0.2, -0.15) is 0 Å². The van der Waals surface area contributed by atoms with Gasteiger partial charge in [-0.1, -0.05) is 40.0 Å². The third-order valence-electron chi connectivity index (χ3n) is 4.43. The van der Waals surface area contributed by atoms with Crippen molar-refractivity contribution in [3.8, 4) is 0 Å². The Labute approximate surface area is 153 Å². The fourth-order valence-electron chi connectivity index (χ4n) is 2.87. The van der Waals surface area contributed by atoms with Crippen LogP contribution in [0.3, 0.4) is 0 Å². The maximum absolute atomic E-state index is 9.76. The molecule has 1 aliphatic rings. The quantitative estimate of drug-likeness (QED) is 0.479. The minimum atomic E-state index is -0.563. The van der Waals surface area contributed by atoms with Gasteiger partial charge in [-0.3, -0.25) is 0 Å². The SMILES string of the molecule is CCCCO[C@@H]1[C@@H](OCCCC)[C@@H](OC)OC(CO)[C@@H]1OCCCC. The molecule has 0 radical (unpaired) electrons. The maximum Gasteiger partial charge on any atom is 0.186 e. The third-order valence-corrected chi connectivity index (χ3v) is 4.43. The molecule has 0 aromatic heterocycles. The Bertz CT molecular complexity index is 290. The number of aliphatic hydroxyl groups is 1. The van der Waals surface area contributed by atoms with Crippen molar-refractivity contribution in [3.63, 3.8) is 0 Å². The Morgan fingerprint density at radius 1 is 0.760 bits per heavy atom. The first-order chi connectivity index (χ1) is 12.2. The lowest BCUT2D eigenvalue weighted by Gasteiger charge is -2.45. The second-order valence-electron chi connectivity index (χ2n) is 6.53. The highest BCUT2D eigenvalue weighted by molar-refractivity contribution is 4.92. The Balaban J connectivity index is 2.87. The zero-order valence-electron chi connectivity index (χ0n) is 16.4. The van der Waals surface area contributed by atoms with Crippen LogP contribution in [0.2, 0.25) is 0 Å². The molecule has 0 bridgehead atoms. The minimum absolute atomic E-state index is 0.133. The first-order valence-corrected chi connectivity index (χ1v) is 9.87.